The van der Waals surface area contributed by atoms with Gasteiger partial charge in [0.1, 0.15) is 5.56 Å². The summed E-state index contributed by atoms with van der Waals surface area (Å²) in [6, 6.07) is 14.1. The molecule has 0 bridgehead atoms. The summed E-state index contributed by atoms with van der Waals surface area (Å²) in [5, 5.41) is 7.41. The summed E-state index contributed by atoms with van der Waals surface area (Å²) in [4.78, 5) is 17.6. The first-order chi connectivity index (χ1) is 15.5. The second-order valence-corrected chi connectivity index (χ2v) is 8.09. The van der Waals surface area contributed by atoms with Gasteiger partial charge < -0.3 is 14.8 Å². The van der Waals surface area contributed by atoms with Crippen LogP contribution in [-0.2, 0) is 13.0 Å². The summed E-state index contributed by atoms with van der Waals surface area (Å²) in [6.45, 7) is 6.69. The molecular weight excluding hydrogens is 404 g/mol. The molecule has 0 aliphatic carbocycles. The van der Waals surface area contributed by atoms with E-state index in [-0.39, 0.29) is 12.7 Å². The molecule has 3 heterocycles. The third kappa shape index (κ3) is 3.66. The number of benzene rings is 2. The van der Waals surface area contributed by atoms with E-state index in [9.17, 15) is 4.79 Å². The lowest BCUT2D eigenvalue weighted by molar-refractivity contribution is 0.0952. The standard InChI is InChI=1S/C25H24N4O3/c1-15-5-4-6-18(9-15)10-20-16(2)28-24-21(13-27-29(24)17(20)3)25(30)26-12-19-7-8-22-23(11-19)32-14-31-22/h4-9,11,13H,10,12,14H2,1-3H3,(H,26,30). The van der Waals surface area contributed by atoms with Gasteiger partial charge in [-0.25, -0.2) is 9.50 Å². The molecule has 162 valence electrons. The van der Waals surface area contributed by atoms with Gasteiger partial charge in [-0.15, -0.1) is 0 Å². The molecule has 2 aromatic carbocycles. The first-order valence-electron chi connectivity index (χ1n) is 10.6. The number of ether oxygens (including phenoxy) is 2. The van der Waals surface area contributed by atoms with Crippen LogP contribution in [0.25, 0.3) is 5.65 Å². The molecule has 0 saturated carbocycles. The highest BCUT2D eigenvalue weighted by atomic mass is 16.7. The van der Waals surface area contributed by atoms with E-state index in [1.54, 1.807) is 10.7 Å². The van der Waals surface area contributed by atoms with Crippen LogP contribution in [0.1, 0.15) is 44.0 Å². The summed E-state index contributed by atoms with van der Waals surface area (Å²) in [6.07, 6.45) is 2.36. The smallest absolute Gasteiger partial charge is 0.257 e. The van der Waals surface area contributed by atoms with Gasteiger partial charge in [-0.3, -0.25) is 4.79 Å². The van der Waals surface area contributed by atoms with E-state index in [0.717, 1.165) is 34.7 Å². The lowest BCUT2D eigenvalue weighted by atomic mass is 10.0. The lowest BCUT2D eigenvalue weighted by Gasteiger charge is -2.12. The summed E-state index contributed by atoms with van der Waals surface area (Å²) < 4.78 is 12.5. The number of carbonyl (C=O) groups excluding carboxylic acids is 1. The quantitative estimate of drug-likeness (QED) is 0.522. The first-order valence-corrected chi connectivity index (χ1v) is 10.6. The predicted octanol–water partition coefficient (Wildman–Crippen LogP) is 3.90. The average Bonchev–Trinajstić information content (AvgIpc) is 3.41. The van der Waals surface area contributed by atoms with Gasteiger partial charge in [0.25, 0.3) is 5.91 Å². The van der Waals surface area contributed by atoms with E-state index in [4.69, 9.17) is 14.5 Å². The molecule has 1 N–H and O–H groups in total. The van der Waals surface area contributed by atoms with Crippen LogP contribution in [0.5, 0.6) is 11.5 Å². The topological polar surface area (TPSA) is 77.8 Å². The minimum absolute atomic E-state index is 0.213. The summed E-state index contributed by atoms with van der Waals surface area (Å²) in [7, 11) is 0. The van der Waals surface area contributed by atoms with Crippen molar-refractivity contribution in [2.75, 3.05) is 6.79 Å². The Morgan fingerprint density at radius 2 is 1.91 bits per heavy atom. The van der Waals surface area contributed by atoms with E-state index in [2.05, 4.69) is 41.6 Å². The molecule has 0 fully saturated rings. The van der Waals surface area contributed by atoms with Crippen molar-refractivity contribution in [2.24, 2.45) is 0 Å². The molecule has 0 radical (unpaired) electrons. The van der Waals surface area contributed by atoms with Crippen LogP contribution in [-0.4, -0.2) is 27.3 Å². The van der Waals surface area contributed by atoms with Crippen molar-refractivity contribution in [1.82, 2.24) is 19.9 Å². The lowest BCUT2D eigenvalue weighted by Crippen LogP contribution is -2.23. The van der Waals surface area contributed by atoms with Crippen molar-refractivity contribution in [3.05, 3.63) is 87.9 Å². The zero-order valence-corrected chi connectivity index (χ0v) is 18.3. The van der Waals surface area contributed by atoms with Crippen LogP contribution >= 0.6 is 0 Å². The van der Waals surface area contributed by atoms with Crippen LogP contribution in [0.3, 0.4) is 0 Å². The highest BCUT2D eigenvalue weighted by Gasteiger charge is 2.19. The SMILES string of the molecule is Cc1cccc(Cc2c(C)nc3c(C(=O)NCc4ccc5c(c4)OCO5)cnn3c2C)c1. The maximum Gasteiger partial charge on any atom is 0.257 e. The van der Waals surface area contributed by atoms with E-state index in [1.165, 1.54) is 11.1 Å². The van der Waals surface area contributed by atoms with Crippen LogP contribution in [0, 0.1) is 20.8 Å². The fourth-order valence-corrected chi connectivity index (χ4v) is 4.08. The number of aryl methyl sites for hydroxylation is 3. The second kappa shape index (κ2) is 8.00. The fourth-order valence-electron chi connectivity index (χ4n) is 4.08. The zero-order valence-electron chi connectivity index (χ0n) is 18.3. The van der Waals surface area contributed by atoms with E-state index < -0.39 is 0 Å². The number of nitrogens with one attached hydrogen (secondary N) is 1. The summed E-state index contributed by atoms with van der Waals surface area (Å²) in [5.74, 6) is 1.21. The Morgan fingerprint density at radius 1 is 1.06 bits per heavy atom. The maximum atomic E-state index is 12.9. The number of hydrogen-bond donors (Lipinski definition) is 1. The van der Waals surface area contributed by atoms with Crippen molar-refractivity contribution in [1.29, 1.82) is 0 Å². The van der Waals surface area contributed by atoms with Crippen LogP contribution in [0.4, 0.5) is 0 Å². The number of carbonyl (C=O) groups is 1. The first kappa shape index (κ1) is 20.1. The van der Waals surface area contributed by atoms with Gasteiger partial charge in [0, 0.05) is 24.4 Å². The zero-order chi connectivity index (χ0) is 22.2. The number of hydrogen-bond acceptors (Lipinski definition) is 5. The van der Waals surface area contributed by atoms with Gasteiger partial charge in [0.15, 0.2) is 17.1 Å². The highest BCUT2D eigenvalue weighted by molar-refractivity contribution is 5.99. The second-order valence-electron chi connectivity index (χ2n) is 8.09. The Labute approximate surface area is 186 Å². The molecule has 1 aliphatic heterocycles. The number of nitrogens with zero attached hydrogens (tertiary/aromatic N) is 3. The molecular formula is C25H24N4O3. The van der Waals surface area contributed by atoms with E-state index >= 15 is 0 Å². The predicted molar refractivity (Wildman–Crippen MR) is 120 cm³/mol. The molecule has 4 aromatic rings. The molecule has 0 saturated heterocycles. The average molecular weight is 428 g/mol. The molecule has 2 aromatic heterocycles. The van der Waals surface area contributed by atoms with E-state index in [1.807, 2.05) is 32.0 Å². The molecule has 5 rings (SSSR count). The Hall–Kier alpha value is -3.87. The Kier molecular flexibility index (Phi) is 5.01. The molecule has 1 aliphatic rings. The number of fused-ring (bicyclic) bond motifs is 2. The molecule has 0 unspecified atom stereocenters. The van der Waals surface area contributed by atoms with E-state index in [0.29, 0.717) is 23.5 Å². The molecule has 7 heteroatoms. The van der Waals surface area contributed by atoms with Gasteiger partial charge in [0.05, 0.1) is 6.20 Å². The van der Waals surface area contributed by atoms with Crippen molar-refractivity contribution < 1.29 is 14.3 Å². The largest absolute Gasteiger partial charge is 0.454 e. The Balaban J connectivity index is 1.38. The van der Waals surface area contributed by atoms with Crippen molar-refractivity contribution in [3.63, 3.8) is 0 Å². The van der Waals surface area contributed by atoms with Crippen molar-refractivity contribution in [2.45, 2.75) is 33.7 Å². The minimum Gasteiger partial charge on any atom is -0.454 e. The number of amides is 1. The third-order valence-corrected chi connectivity index (χ3v) is 5.81. The Morgan fingerprint density at radius 3 is 2.75 bits per heavy atom. The fraction of sp³-hybridized carbons (Fsp3) is 0.240. The molecule has 1 amide bonds. The highest BCUT2D eigenvalue weighted by Crippen LogP contribution is 2.32. The minimum atomic E-state index is -0.213. The maximum absolute atomic E-state index is 12.9. The number of rotatable bonds is 5. The monoisotopic (exact) mass is 428 g/mol. The molecule has 7 nitrogen and oxygen atoms in total. The van der Waals surface area contributed by atoms with Crippen LogP contribution < -0.4 is 14.8 Å². The molecule has 32 heavy (non-hydrogen) atoms. The van der Waals surface area contributed by atoms with Gasteiger partial charge >= 0.3 is 0 Å². The molecule has 0 spiro atoms. The van der Waals surface area contributed by atoms with Crippen molar-refractivity contribution >= 4 is 11.6 Å². The van der Waals surface area contributed by atoms with Crippen LogP contribution in [0.15, 0.2) is 48.7 Å². The van der Waals surface area contributed by atoms with Gasteiger partial charge in [-0.2, -0.15) is 5.10 Å². The third-order valence-electron chi connectivity index (χ3n) is 5.81. The van der Waals surface area contributed by atoms with Crippen LogP contribution in [0.2, 0.25) is 0 Å². The number of aromatic nitrogens is 3. The summed E-state index contributed by atoms with van der Waals surface area (Å²) in [5.41, 5.74) is 7.43. The summed E-state index contributed by atoms with van der Waals surface area (Å²) >= 11 is 0. The van der Waals surface area contributed by atoms with Gasteiger partial charge in [0.2, 0.25) is 6.79 Å². The Bertz CT molecular complexity index is 1340. The molecule has 0 atom stereocenters. The van der Waals surface area contributed by atoms with Crippen molar-refractivity contribution in [3.8, 4) is 11.5 Å². The van der Waals surface area contributed by atoms with Gasteiger partial charge in [-0.1, -0.05) is 35.9 Å². The van der Waals surface area contributed by atoms with Gasteiger partial charge in [-0.05, 0) is 49.6 Å². The normalized spacial score (nSPS) is 12.3.